The van der Waals surface area contributed by atoms with Crippen LogP contribution in [0.1, 0.15) is 20.7 Å². The van der Waals surface area contributed by atoms with E-state index in [4.69, 9.17) is 11.6 Å². The van der Waals surface area contributed by atoms with E-state index in [1.54, 1.807) is 30.3 Å². The molecule has 0 bridgehead atoms. The Morgan fingerprint density at radius 3 is 2.44 bits per heavy atom. The highest BCUT2D eigenvalue weighted by Crippen LogP contribution is 2.20. The molecule has 0 atom stereocenters. The number of hydrogen-bond acceptors (Lipinski definition) is 2. The second kappa shape index (κ2) is 5.47. The van der Waals surface area contributed by atoms with Gasteiger partial charge in [0.1, 0.15) is 0 Å². The highest BCUT2D eigenvalue weighted by Gasteiger charge is 2.14. The maximum atomic E-state index is 12.1. The highest BCUT2D eigenvalue weighted by molar-refractivity contribution is 6.35. The molecular formula is C14H10ClNO2. The number of nitrogens with one attached hydrogen (secondary N) is 1. The molecule has 0 saturated carbocycles. The summed E-state index contributed by atoms with van der Waals surface area (Å²) in [5, 5.41) is 2.95. The monoisotopic (exact) mass is 259 g/mol. The maximum Gasteiger partial charge on any atom is 0.257 e. The van der Waals surface area contributed by atoms with Crippen LogP contribution in [0.4, 0.5) is 5.69 Å². The summed E-state index contributed by atoms with van der Waals surface area (Å²) in [7, 11) is 0. The molecule has 0 heterocycles. The van der Waals surface area contributed by atoms with Gasteiger partial charge in [-0.25, -0.2) is 0 Å². The second-order valence-corrected chi connectivity index (χ2v) is 4.05. The number of carbonyl (C=O) groups is 2. The third-order valence-corrected chi connectivity index (χ3v) is 2.75. The molecule has 1 amide bonds. The number of rotatable bonds is 3. The van der Waals surface area contributed by atoms with Gasteiger partial charge in [-0.15, -0.1) is 0 Å². The van der Waals surface area contributed by atoms with Gasteiger partial charge < -0.3 is 5.32 Å². The van der Waals surface area contributed by atoms with Gasteiger partial charge in [-0.2, -0.15) is 0 Å². The second-order valence-electron chi connectivity index (χ2n) is 3.64. The third kappa shape index (κ3) is 2.57. The summed E-state index contributed by atoms with van der Waals surface area (Å²) < 4.78 is 0. The number of aldehydes is 1. The minimum absolute atomic E-state index is 0.193. The minimum Gasteiger partial charge on any atom is -0.322 e. The molecule has 4 heteroatoms. The van der Waals surface area contributed by atoms with Crippen LogP contribution in [0.2, 0.25) is 5.02 Å². The normalized spacial score (nSPS) is 9.83. The van der Waals surface area contributed by atoms with Gasteiger partial charge in [-0.05, 0) is 18.2 Å². The molecule has 0 radical (unpaired) electrons. The van der Waals surface area contributed by atoms with Gasteiger partial charge in [0.05, 0.1) is 10.6 Å². The summed E-state index contributed by atoms with van der Waals surface area (Å²) in [5.41, 5.74) is 1.12. The molecule has 90 valence electrons. The lowest BCUT2D eigenvalue weighted by molar-refractivity contribution is 0.101. The molecule has 0 saturated heterocycles. The predicted molar refractivity (Wildman–Crippen MR) is 71.2 cm³/mol. The Balaban J connectivity index is 2.32. The SMILES string of the molecule is O=Cc1cccc(Cl)c1C(=O)Nc1ccccc1. The van der Waals surface area contributed by atoms with Crippen molar-refractivity contribution in [2.75, 3.05) is 5.32 Å². The Bertz CT molecular complexity index is 582. The zero-order valence-corrected chi connectivity index (χ0v) is 10.1. The van der Waals surface area contributed by atoms with Crippen molar-refractivity contribution < 1.29 is 9.59 Å². The summed E-state index contributed by atoms with van der Waals surface area (Å²) in [6, 6.07) is 13.7. The van der Waals surface area contributed by atoms with Gasteiger partial charge in [0, 0.05) is 11.3 Å². The Labute approximate surface area is 109 Å². The first-order valence-corrected chi connectivity index (χ1v) is 5.70. The van der Waals surface area contributed by atoms with E-state index in [9.17, 15) is 9.59 Å². The van der Waals surface area contributed by atoms with E-state index in [0.717, 1.165) is 0 Å². The van der Waals surface area contributed by atoms with E-state index in [0.29, 0.717) is 12.0 Å². The van der Waals surface area contributed by atoms with Gasteiger partial charge in [-0.1, -0.05) is 41.9 Å². The van der Waals surface area contributed by atoms with Gasteiger partial charge in [0.2, 0.25) is 0 Å². The number of halogens is 1. The van der Waals surface area contributed by atoms with Crippen molar-refractivity contribution >= 4 is 29.5 Å². The predicted octanol–water partition coefficient (Wildman–Crippen LogP) is 3.40. The molecule has 0 spiro atoms. The Morgan fingerprint density at radius 1 is 1.06 bits per heavy atom. The average molecular weight is 260 g/mol. The Hall–Kier alpha value is -2.13. The fourth-order valence-corrected chi connectivity index (χ4v) is 1.86. The molecule has 0 aliphatic rings. The number of benzene rings is 2. The third-order valence-electron chi connectivity index (χ3n) is 2.43. The first kappa shape index (κ1) is 12.3. The largest absolute Gasteiger partial charge is 0.322 e. The van der Waals surface area contributed by atoms with Gasteiger partial charge in [-0.3, -0.25) is 9.59 Å². The topological polar surface area (TPSA) is 46.2 Å². The first-order chi connectivity index (χ1) is 8.72. The van der Waals surface area contributed by atoms with Crippen LogP contribution in [0.25, 0.3) is 0 Å². The number of amides is 1. The smallest absolute Gasteiger partial charge is 0.257 e. The molecule has 2 aromatic carbocycles. The molecule has 3 nitrogen and oxygen atoms in total. The fourth-order valence-electron chi connectivity index (χ4n) is 1.59. The standard InChI is InChI=1S/C14H10ClNO2/c15-12-8-4-5-10(9-17)13(12)14(18)16-11-6-2-1-3-7-11/h1-9H,(H,16,18). The van der Waals surface area contributed by atoms with Crippen LogP contribution < -0.4 is 5.32 Å². The van der Waals surface area contributed by atoms with Crippen LogP contribution in [0.3, 0.4) is 0 Å². The van der Waals surface area contributed by atoms with Gasteiger partial charge in [0.15, 0.2) is 6.29 Å². The van der Waals surface area contributed by atoms with Gasteiger partial charge in [0.25, 0.3) is 5.91 Å². The molecule has 0 unspecified atom stereocenters. The molecule has 2 aromatic rings. The number of anilines is 1. The van der Waals surface area contributed by atoms with Crippen LogP contribution in [0, 0.1) is 0 Å². The number of carbonyl (C=O) groups excluding carboxylic acids is 2. The van der Waals surface area contributed by atoms with E-state index in [-0.39, 0.29) is 16.1 Å². The molecule has 18 heavy (non-hydrogen) atoms. The van der Waals surface area contributed by atoms with E-state index in [1.165, 1.54) is 0 Å². The van der Waals surface area contributed by atoms with Gasteiger partial charge >= 0.3 is 0 Å². The zero-order valence-electron chi connectivity index (χ0n) is 9.39. The Morgan fingerprint density at radius 2 is 1.78 bits per heavy atom. The van der Waals surface area contributed by atoms with Crippen LogP contribution in [-0.4, -0.2) is 12.2 Å². The molecule has 0 aromatic heterocycles. The summed E-state index contributed by atoms with van der Waals surface area (Å²) in [4.78, 5) is 23.0. The highest BCUT2D eigenvalue weighted by atomic mass is 35.5. The molecule has 0 aliphatic carbocycles. The lowest BCUT2D eigenvalue weighted by atomic mass is 10.1. The van der Waals surface area contributed by atoms with Crippen molar-refractivity contribution in [2.45, 2.75) is 0 Å². The van der Waals surface area contributed by atoms with Crippen LogP contribution in [0.5, 0.6) is 0 Å². The average Bonchev–Trinajstić information content (AvgIpc) is 2.39. The molecule has 0 fully saturated rings. The lowest BCUT2D eigenvalue weighted by Crippen LogP contribution is -2.14. The van der Waals surface area contributed by atoms with E-state index in [1.807, 2.05) is 18.2 Å². The lowest BCUT2D eigenvalue weighted by Gasteiger charge is -2.08. The Kier molecular flexibility index (Phi) is 3.75. The summed E-state index contributed by atoms with van der Waals surface area (Å²) in [6.07, 6.45) is 0.617. The van der Waals surface area contributed by atoms with Crippen molar-refractivity contribution in [1.29, 1.82) is 0 Å². The number of para-hydroxylation sites is 1. The van der Waals surface area contributed by atoms with E-state index >= 15 is 0 Å². The van der Waals surface area contributed by atoms with Crippen molar-refractivity contribution in [3.05, 3.63) is 64.7 Å². The van der Waals surface area contributed by atoms with Crippen LogP contribution in [-0.2, 0) is 0 Å². The number of hydrogen-bond donors (Lipinski definition) is 1. The maximum absolute atomic E-state index is 12.1. The summed E-state index contributed by atoms with van der Waals surface area (Å²) in [6.45, 7) is 0. The minimum atomic E-state index is -0.395. The summed E-state index contributed by atoms with van der Waals surface area (Å²) >= 11 is 5.95. The molecule has 0 aliphatic heterocycles. The zero-order chi connectivity index (χ0) is 13.0. The van der Waals surface area contributed by atoms with Crippen LogP contribution in [0.15, 0.2) is 48.5 Å². The molecular weight excluding hydrogens is 250 g/mol. The van der Waals surface area contributed by atoms with Crippen molar-refractivity contribution in [3.63, 3.8) is 0 Å². The van der Waals surface area contributed by atoms with Crippen molar-refractivity contribution in [1.82, 2.24) is 0 Å². The van der Waals surface area contributed by atoms with Crippen LogP contribution >= 0.6 is 11.6 Å². The van der Waals surface area contributed by atoms with E-state index < -0.39 is 5.91 Å². The van der Waals surface area contributed by atoms with Crippen molar-refractivity contribution in [3.8, 4) is 0 Å². The van der Waals surface area contributed by atoms with Crippen molar-refractivity contribution in [2.24, 2.45) is 0 Å². The first-order valence-electron chi connectivity index (χ1n) is 5.32. The molecule has 2 rings (SSSR count). The fraction of sp³-hybridized carbons (Fsp3) is 0. The molecule has 1 N–H and O–H groups in total. The van der Waals surface area contributed by atoms with E-state index in [2.05, 4.69) is 5.32 Å². The summed E-state index contributed by atoms with van der Waals surface area (Å²) in [5.74, 6) is -0.395. The quantitative estimate of drug-likeness (QED) is 0.859.